The van der Waals surface area contributed by atoms with Gasteiger partial charge in [-0.1, -0.05) is 13.8 Å². The van der Waals surface area contributed by atoms with Crippen molar-refractivity contribution in [1.29, 1.82) is 0 Å². The number of aromatic nitrogens is 1. The summed E-state index contributed by atoms with van der Waals surface area (Å²) in [4.78, 5) is 11.1. The number of aliphatic hydroxyl groups is 1. The van der Waals surface area contributed by atoms with E-state index in [-0.39, 0.29) is 30.3 Å². The third-order valence-electron chi connectivity index (χ3n) is 3.02. The number of nitrogens with zero attached hydrogens (tertiary/aromatic N) is 2. The molecule has 7 nitrogen and oxygen atoms in total. The van der Waals surface area contributed by atoms with E-state index in [0.717, 1.165) is 0 Å². The van der Waals surface area contributed by atoms with E-state index in [1.807, 2.05) is 13.8 Å². The molecule has 0 amide bonds. The Bertz CT molecular complexity index is 573. The average molecular weight is 318 g/mol. The van der Waals surface area contributed by atoms with Gasteiger partial charge in [0.15, 0.2) is 0 Å². The van der Waals surface area contributed by atoms with Gasteiger partial charge in [0.1, 0.15) is 10.6 Å². The van der Waals surface area contributed by atoms with Gasteiger partial charge in [-0.3, -0.25) is 0 Å². The molecule has 0 saturated carbocycles. The molecule has 0 aliphatic heterocycles. The van der Waals surface area contributed by atoms with Gasteiger partial charge in [-0.05, 0) is 18.9 Å². The van der Waals surface area contributed by atoms with Gasteiger partial charge >= 0.3 is 5.97 Å². The number of aryl methyl sites for hydroxylation is 1. The first-order valence-electron chi connectivity index (χ1n) is 6.92. The highest BCUT2D eigenvalue weighted by Gasteiger charge is 2.27. The molecule has 0 unspecified atom stereocenters. The van der Waals surface area contributed by atoms with Crippen molar-refractivity contribution in [3.63, 3.8) is 0 Å². The van der Waals surface area contributed by atoms with Crippen LogP contribution in [0, 0.1) is 0 Å². The SMILES string of the molecule is CCCN(CCO)S(=O)(=O)c1cc(C(=O)O)n(CCC)c1. The average Bonchev–Trinajstić information content (AvgIpc) is 2.84. The number of sulfonamides is 1. The molecule has 1 aromatic heterocycles. The van der Waals surface area contributed by atoms with E-state index in [1.165, 1.54) is 21.1 Å². The predicted octanol–water partition coefficient (Wildman–Crippen LogP) is 0.989. The Morgan fingerprint density at radius 3 is 2.43 bits per heavy atom. The van der Waals surface area contributed by atoms with Crippen molar-refractivity contribution in [1.82, 2.24) is 8.87 Å². The van der Waals surface area contributed by atoms with Crippen molar-refractivity contribution in [2.24, 2.45) is 0 Å². The highest BCUT2D eigenvalue weighted by molar-refractivity contribution is 7.89. The maximum absolute atomic E-state index is 12.5. The van der Waals surface area contributed by atoms with E-state index in [4.69, 9.17) is 10.2 Å². The van der Waals surface area contributed by atoms with Crippen molar-refractivity contribution >= 4 is 16.0 Å². The Kier molecular flexibility index (Phi) is 6.38. The molecule has 1 aromatic rings. The first-order valence-corrected chi connectivity index (χ1v) is 8.36. The standard InChI is InChI=1S/C13H22N2O5S/c1-3-5-14-10-11(9-12(14)13(17)18)21(19,20)15(6-4-2)7-8-16/h9-10,16H,3-8H2,1-2H3,(H,17,18). The Hall–Kier alpha value is -1.38. The highest BCUT2D eigenvalue weighted by Crippen LogP contribution is 2.20. The minimum atomic E-state index is -3.79. The van der Waals surface area contributed by atoms with Crippen LogP contribution in [-0.4, -0.2) is 53.2 Å². The van der Waals surface area contributed by atoms with Crippen LogP contribution in [0.3, 0.4) is 0 Å². The van der Waals surface area contributed by atoms with E-state index in [0.29, 0.717) is 19.4 Å². The summed E-state index contributed by atoms with van der Waals surface area (Å²) in [6.45, 7) is 4.16. The molecule has 0 saturated heterocycles. The zero-order valence-corrected chi connectivity index (χ0v) is 13.1. The van der Waals surface area contributed by atoms with E-state index < -0.39 is 16.0 Å². The van der Waals surface area contributed by atoms with Gasteiger partial charge in [0.05, 0.1) is 6.61 Å². The monoisotopic (exact) mass is 318 g/mol. The summed E-state index contributed by atoms with van der Waals surface area (Å²) in [6.07, 6.45) is 2.66. The number of rotatable bonds is 9. The maximum atomic E-state index is 12.5. The van der Waals surface area contributed by atoms with Crippen LogP contribution in [0.1, 0.15) is 37.2 Å². The number of carboxylic acids is 1. The lowest BCUT2D eigenvalue weighted by Crippen LogP contribution is -2.34. The summed E-state index contributed by atoms with van der Waals surface area (Å²) in [5.41, 5.74) is -0.0455. The summed E-state index contributed by atoms with van der Waals surface area (Å²) in [7, 11) is -3.79. The molecular formula is C13H22N2O5S. The predicted molar refractivity (Wildman–Crippen MR) is 77.8 cm³/mol. The van der Waals surface area contributed by atoms with Gasteiger partial charge in [0, 0.05) is 25.8 Å². The van der Waals surface area contributed by atoms with E-state index in [2.05, 4.69) is 0 Å². The number of aliphatic hydroxyl groups excluding tert-OH is 1. The third kappa shape index (κ3) is 4.05. The summed E-state index contributed by atoms with van der Waals surface area (Å²) >= 11 is 0. The molecule has 21 heavy (non-hydrogen) atoms. The van der Waals surface area contributed by atoms with E-state index in [1.54, 1.807) is 0 Å². The van der Waals surface area contributed by atoms with Gasteiger partial charge in [-0.15, -0.1) is 0 Å². The van der Waals surface area contributed by atoms with Crippen LogP contribution in [-0.2, 0) is 16.6 Å². The summed E-state index contributed by atoms with van der Waals surface area (Å²) in [5, 5.41) is 18.1. The van der Waals surface area contributed by atoms with E-state index in [9.17, 15) is 13.2 Å². The van der Waals surface area contributed by atoms with Crippen LogP contribution in [0.15, 0.2) is 17.2 Å². The van der Waals surface area contributed by atoms with Crippen molar-refractivity contribution in [2.75, 3.05) is 19.7 Å². The van der Waals surface area contributed by atoms with Crippen molar-refractivity contribution in [3.8, 4) is 0 Å². The Labute approximate surface area is 124 Å². The third-order valence-corrected chi connectivity index (χ3v) is 4.88. The minimum absolute atomic E-state index is 0.00244. The van der Waals surface area contributed by atoms with Gasteiger partial charge in [0.25, 0.3) is 0 Å². The summed E-state index contributed by atoms with van der Waals surface area (Å²) < 4.78 is 27.6. The maximum Gasteiger partial charge on any atom is 0.352 e. The first-order chi connectivity index (χ1) is 9.88. The fourth-order valence-electron chi connectivity index (χ4n) is 2.09. The number of hydrogen-bond donors (Lipinski definition) is 2. The van der Waals surface area contributed by atoms with Gasteiger partial charge in [-0.25, -0.2) is 13.2 Å². The number of hydrogen-bond acceptors (Lipinski definition) is 4. The Morgan fingerprint density at radius 2 is 1.95 bits per heavy atom. The minimum Gasteiger partial charge on any atom is -0.477 e. The number of carboxylic acid groups (broad SMARTS) is 1. The molecule has 0 aliphatic carbocycles. The molecule has 2 N–H and O–H groups in total. The quantitative estimate of drug-likeness (QED) is 0.707. The van der Waals surface area contributed by atoms with Crippen molar-refractivity contribution < 1.29 is 23.4 Å². The van der Waals surface area contributed by atoms with Crippen molar-refractivity contribution in [3.05, 3.63) is 18.0 Å². The molecule has 0 atom stereocenters. The fraction of sp³-hybridized carbons (Fsp3) is 0.615. The Balaban J connectivity index is 3.23. The summed E-state index contributed by atoms with van der Waals surface area (Å²) in [6, 6.07) is 1.17. The first kappa shape index (κ1) is 17.7. The second-order valence-electron chi connectivity index (χ2n) is 4.69. The second-order valence-corrected chi connectivity index (χ2v) is 6.63. The number of aromatic carboxylic acids is 1. The molecule has 1 rings (SSSR count). The van der Waals surface area contributed by atoms with Gasteiger partial charge < -0.3 is 14.8 Å². The molecule has 0 aliphatic rings. The molecule has 120 valence electrons. The van der Waals surface area contributed by atoms with Crippen LogP contribution in [0.5, 0.6) is 0 Å². The molecule has 0 radical (unpaired) electrons. The van der Waals surface area contributed by atoms with Gasteiger partial charge in [0.2, 0.25) is 10.0 Å². The van der Waals surface area contributed by atoms with Crippen LogP contribution >= 0.6 is 0 Å². The van der Waals surface area contributed by atoms with E-state index >= 15 is 0 Å². The molecular weight excluding hydrogens is 296 g/mol. The molecule has 8 heteroatoms. The zero-order chi connectivity index (χ0) is 16.0. The smallest absolute Gasteiger partial charge is 0.352 e. The lowest BCUT2D eigenvalue weighted by atomic mass is 10.4. The van der Waals surface area contributed by atoms with Crippen LogP contribution in [0.25, 0.3) is 0 Å². The molecule has 0 aromatic carbocycles. The lowest BCUT2D eigenvalue weighted by Gasteiger charge is -2.19. The molecule has 0 bridgehead atoms. The summed E-state index contributed by atoms with van der Waals surface area (Å²) in [5.74, 6) is -1.16. The van der Waals surface area contributed by atoms with Crippen molar-refractivity contribution in [2.45, 2.75) is 38.1 Å². The fourth-order valence-corrected chi connectivity index (χ4v) is 3.66. The molecule has 0 spiro atoms. The van der Waals surface area contributed by atoms with Gasteiger partial charge in [-0.2, -0.15) is 4.31 Å². The van der Waals surface area contributed by atoms with Crippen LogP contribution in [0.4, 0.5) is 0 Å². The Morgan fingerprint density at radius 1 is 1.29 bits per heavy atom. The molecule has 1 heterocycles. The zero-order valence-electron chi connectivity index (χ0n) is 12.3. The van der Waals surface area contributed by atoms with Crippen LogP contribution < -0.4 is 0 Å². The lowest BCUT2D eigenvalue weighted by molar-refractivity contribution is 0.0685. The van der Waals surface area contributed by atoms with Crippen LogP contribution in [0.2, 0.25) is 0 Å². The topological polar surface area (TPSA) is 99.8 Å². The highest BCUT2D eigenvalue weighted by atomic mass is 32.2. The number of carbonyl (C=O) groups is 1. The second kappa shape index (κ2) is 7.58. The molecule has 0 fully saturated rings. The largest absolute Gasteiger partial charge is 0.477 e. The normalized spacial score (nSPS) is 12.0.